The molecule has 3 rings (SSSR count). The van der Waals surface area contributed by atoms with Gasteiger partial charge in [0.05, 0.1) is 31.3 Å². The number of methoxy groups -OCH3 is 1. The number of nitrogens with zero attached hydrogens (tertiary/aromatic N) is 4. The van der Waals surface area contributed by atoms with Crippen molar-refractivity contribution in [3.05, 3.63) is 59.9 Å². The summed E-state index contributed by atoms with van der Waals surface area (Å²) in [6.45, 7) is 0.133. The summed E-state index contributed by atoms with van der Waals surface area (Å²) < 4.78 is 25.2. The van der Waals surface area contributed by atoms with Crippen molar-refractivity contribution in [3.8, 4) is 17.4 Å². The molecular weight excluding hydrogens is 331 g/mol. The summed E-state index contributed by atoms with van der Waals surface area (Å²) in [4.78, 5) is 18.9. The lowest BCUT2D eigenvalue weighted by Gasteiger charge is -2.08. The highest BCUT2D eigenvalue weighted by atomic mass is 19.1. The highest BCUT2D eigenvalue weighted by Gasteiger charge is 2.09. The number of halogens is 1. The number of hydrogen-bond acceptors (Lipinski definition) is 6. The fourth-order valence-corrected chi connectivity index (χ4v) is 2.01. The highest BCUT2D eigenvalue weighted by Crippen LogP contribution is 2.19. The molecule has 3 aromatic rings. The van der Waals surface area contributed by atoms with Crippen LogP contribution >= 0.6 is 0 Å². The van der Waals surface area contributed by atoms with Crippen LogP contribution in [0.1, 0.15) is 15.9 Å². The fourth-order valence-electron chi connectivity index (χ4n) is 2.01. The number of hydrogen-bond donors (Lipinski definition) is 1. The van der Waals surface area contributed by atoms with Crippen LogP contribution in [0.3, 0.4) is 0 Å². The van der Waals surface area contributed by atoms with Crippen molar-refractivity contribution in [1.82, 2.24) is 19.7 Å². The number of aromatic carboxylic acids is 1. The molecule has 0 bridgehead atoms. The lowest BCUT2D eigenvalue weighted by atomic mass is 10.2. The third-order valence-corrected chi connectivity index (χ3v) is 3.27. The zero-order chi connectivity index (χ0) is 17.8. The molecule has 2 aromatic heterocycles. The van der Waals surface area contributed by atoms with Crippen LogP contribution in [0.4, 0.5) is 4.39 Å². The smallest absolute Gasteiger partial charge is 0.338 e. The molecule has 0 radical (unpaired) electrons. The van der Waals surface area contributed by atoms with Crippen LogP contribution in [0.25, 0.3) is 5.95 Å². The Labute approximate surface area is 141 Å². The first-order valence-corrected chi connectivity index (χ1v) is 7.12. The lowest BCUT2D eigenvalue weighted by Crippen LogP contribution is -2.03. The van der Waals surface area contributed by atoms with E-state index in [1.807, 2.05) is 0 Å². The molecule has 0 fully saturated rings. The Kier molecular flexibility index (Phi) is 4.55. The molecule has 0 spiro atoms. The minimum atomic E-state index is -1.09. The van der Waals surface area contributed by atoms with Crippen molar-refractivity contribution < 1.29 is 23.8 Å². The molecule has 1 N–H and O–H groups in total. The van der Waals surface area contributed by atoms with Crippen molar-refractivity contribution in [3.63, 3.8) is 0 Å². The number of carboxylic acid groups (broad SMARTS) is 1. The lowest BCUT2D eigenvalue weighted by molar-refractivity contribution is 0.0697. The molecule has 25 heavy (non-hydrogen) atoms. The number of carboxylic acids is 1. The topological polar surface area (TPSA) is 99.4 Å². The summed E-state index contributed by atoms with van der Waals surface area (Å²) in [6.07, 6.45) is 5.35. The fraction of sp³-hybridized carbons (Fsp3) is 0.125. The molecule has 9 heteroatoms. The first kappa shape index (κ1) is 16.4. The zero-order valence-corrected chi connectivity index (χ0v) is 13.1. The van der Waals surface area contributed by atoms with Gasteiger partial charge in [-0.3, -0.25) is 0 Å². The SMILES string of the molecule is COc1ccc(COc2cnc(-n3cc(C(=O)O)cn3)nc2)cc1F. The normalized spacial score (nSPS) is 10.5. The molecule has 0 unspecified atom stereocenters. The van der Waals surface area contributed by atoms with E-state index in [1.165, 1.54) is 48.7 Å². The van der Waals surface area contributed by atoms with Crippen LogP contribution in [0.15, 0.2) is 43.0 Å². The van der Waals surface area contributed by atoms with E-state index in [-0.39, 0.29) is 23.9 Å². The van der Waals surface area contributed by atoms with Crippen LogP contribution in [0.2, 0.25) is 0 Å². The Morgan fingerprint density at radius 3 is 2.64 bits per heavy atom. The van der Waals surface area contributed by atoms with Gasteiger partial charge in [0.2, 0.25) is 0 Å². The van der Waals surface area contributed by atoms with Crippen molar-refractivity contribution in [2.75, 3.05) is 7.11 Å². The molecule has 0 amide bonds. The van der Waals surface area contributed by atoms with Gasteiger partial charge in [-0.2, -0.15) is 5.10 Å². The van der Waals surface area contributed by atoms with Gasteiger partial charge in [-0.1, -0.05) is 6.07 Å². The maximum atomic E-state index is 13.6. The van der Waals surface area contributed by atoms with E-state index < -0.39 is 11.8 Å². The predicted molar refractivity (Wildman–Crippen MR) is 83.4 cm³/mol. The standard InChI is InChI=1S/C16H13FN4O4/c1-24-14-3-2-10(4-13(14)17)9-25-12-6-18-16(19-7-12)21-8-11(5-20-21)15(22)23/h2-8H,9H2,1H3,(H,22,23). The number of aromatic nitrogens is 4. The maximum Gasteiger partial charge on any atom is 0.338 e. The molecule has 8 nitrogen and oxygen atoms in total. The maximum absolute atomic E-state index is 13.6. The second-order valence-electron chi connectivity index (χ2n) is 4.96. The summed E-state index contributed by atoms with van der Waals surface area (Å²) in [5.74, 6) is -0.807. The Morgan fingerprint density at radius 1 is 1.28 bits per heavy atom. The first-order valence-electron chi connectivity index (χ1n) is 7.12. The molecule has 0 saturated carbocycles. The van der Waals surface area contributed by atoms with E-state index in [2.05, 4.69) is 15.1 Å². The van der Waals surface area contributed by atoms with E-state index in [4.69, 9.17) is 14.6 Å². The molecule has 0 aliphatic carbocycles. The number of ether oxygens (including phenoxy) is 2. The Bertz CT molecular complexity index is 895. The molecule has 0 atom stereocenters. The average Bonchev–Trinajstić information content (AvgIpc) is 3.11. The van der Waals surface area contributed by atoms with Gasteiger partial charge in [0, 0.05) is 6.20 Å². The van der Waals surface area contributed by atoms with Gasteiger partial charge in [0.25, 0.3) is 5.95 Å². The summed E-state index contributed by atoms with van der Waals surface area (Å²) in [5, 5.41) is 12.7. The quantitative estimate of drug-likeness (QED) is 0.731. The van der Waals surface area contributed by atoms with E-state index in [1.54, 1.807) is 6.07 Å². The Morgan fingerprint density at radius 2 is 2.04 bits per heavy atom. The molecule has 0 saturated heterocycles. The van der Waals surface area contributed by atoms with Gasteiger partial charge in [-0.25, -0.2) is 23.8 Å². The largest absolute Gasteiger partial charge is 0.494 e. The first-order chi connectivity index (χ1) is 12.1. The highest BCUT2D eigenvalue weighted by molar-refractivity contribution is 5.86. The van der Waals surface area contributed by atoms with Crippen LogP contribution in [-0.2, 0) is 6.61 Å². The Balaban J connectivity index is 1.66. The second-order valence-corrected chi connectivity index (χ2v) is 4.96. The molecule has 0 aliphatic heterocycles. The van der Waals surface area contributed by atoms with Gasteiger partial charge in [-0.05, 0) is 17.7 Å². The molecule has 0 aliphatic rings. The van der Waals surface area contributed by atoms with E-state index in [0.717, 1.165) is 0 Å². The molecule has 128 valence electrons. The monoisotopic (exact) mass is 344 g/mol. The summed E-state index contributed by atoms with van der Waals surface area (Å²) >= 11 is 0. The number of benzene rings is 1. The molecular formula is C16H13FN4O4. The Hall–Kier alpha value is -3.49. The van der Waals surface area contributed by atoms with Crippen LogP contribution in [-0.4, -0.2) is 37.9 Å². The van der Waals surface area contributed by atoms with Crippen molar-refractivity contribution in [2.24, 2.45) is 0 Å². The minimum Gasteiger partial charge on any atom is -0.494 e. The van der Waals surface area contributed by atoms with Gasteiger partial charge in [0.1, 0.15) is 6.61 Å². The van der Waals surface area contributed by atoms with Crippen LogP contribution in [0, 0.1) is 5.82 Å². The third-order valence-electron chi connectivity index (χ3n) is 3.27. The molecule has 1 aromatic carbocycles. The number of rotatable bonds is 6. The zero-order valence-electron chi connectivity index (χ0n) is 13.1. The van der Waals surface area contributed by atoms with Gasteiger partial charge in [0.15, 0.2) is 17.3 Å². The minimum absolute atomic E-state index is 0.0328. The van der Waals surface area contributed by atoms with E-state index in [9.17, 15) is 9.18 Å². The average molecular weight is 344 g/mol. The van der Waals surface area contributed by atoms with Gasteiger partial charge in [-0.15, -0.1) is 0 Å². The van der Waals surface area contributed by atoms with Gasteiger partial charge < -0.3 is 14.6 Å². The molecule has 2 heterocycles. The van der Waals surface area contributed by atoms with Crippen molar-refractivity contribution >= 4 is 5.97 Å². The van der Waals surface area contributed by atoms with Crippen molar-refractivity contribution in [1.29, 1.82) is 0 Å². The predicted octanol–water partition coefficient (Wildman–Crippen LogP) is 2.09. The van der Waals surface area contributed by atoms with Crippen LogP contribution in [0.5, 0.6) is 11.5 Å². The van der Waals surface area contributed by atoms with Gasteiger partial charge >= 0.3 is 5.97 Å². The van der Waals surface area contributed by atoms with E-state index in [0.29, 0.717) is 11.3 Å². The van der Waals surface area contributed by atoms with Crippen LogP contribution < -0.4 is 9.47 Å². The summed E-state index contributed by atoms with van der Waals surface area (Å²) in [5.41, 5.74) is 0.658. The summed E-state index contributed by atoms with van der Waals surface area (Å²) in [7, 11) is 1.40. The second kappa shape index (κ2) is 6.95. The number of carbonyl (C=O) groups is 1. The van der Waals surface area contributed by atoms with Crippen molar-refractivity contribution in [2.45, 2.75) is 6.61 Å². The van der Waals surface area contributed by atoms with E-state index >= 15 is 0 Å². The summed E-state index contributed by atoms with van der Waals surface area (Å²) in [6, 6.07) is 4.53. The third kappa shape index (κ3) is 3.71.